The maximum Gasteiger partial charge on any atom is 0.449 e. The number of fused-ring (bicyclic) bond motifs is 3. The van der Waals surface area contributed by atoms with Crippen LogP contribution in [0.15, 0.2) is 81.6 Å². The van der Waals surface area contributed by atoms with Crippen molar-refractivity contribution in [2.24, 2.45) is 5.10 Å². The van der Waals surface area contributed by atoms with Crippen LogP contribution in [0.5, 0.6) is 0 Å². The highest BCUT2D eigenvalue weighted by molar-refractivity contribution is 7.99. The second-order valence-corrected chi connectivity index (χ2v) is 8.76. The minimum Gasteiger partial charge on any atom is -0.354 e. The molecule has 2 heterocycles. The van der Waals surface area contributed by atoms with E-state index in [0.717, 1.165) is 31.3 Å². The van der Waals surface area contributed by atoms with E-state index < -0.39 is 24.5 Å². The molecule has 5 rings (SSSR count). The first kappa shape index (κ1) is 22.0. The molecule has 10 heteroatoms. The summed E-state index contributed by atoms with van der Waals surface area (Å²) in [6.07, 6.45) is -4.69. The van der Waals surface area contributed by atoms with Crippen molar-refractivity contribution in [1.29, 1.82) is 0 Å². The zero-order valence-electron chi connectivity index (χ0n) is 17.8. The van der Waals surface area contributed by atoms with E-state index in [4.69, 9.17) is 0 Å². The minimum atomic E-state index is -4.69. The number of halogens is 3. The molecule has 172 valence electrons. The third-order valence-electron chi connectivity index (χ3n) is 5.33. The molecule has 0 fully saturated rings. The highest BCUT2D eigenvalue weighted by Gasteiger charge is 2.38. The summed E-state index contributed by atoms with van der Waals surface area (Å²) in [4.78, 5) is 18.3. The van der Waals surface area contributed by atoms with Gasteiger partial charge in [0.25, 0.3) is 5.91 Å². The summed E-state index contributed by atoms with van der Waals surface area (Å²) >= 11 is 1.65. The van der Waals surface area contributed by atoms with Gasteiger partial charge in [0.2, 0.25) is 5.82 Å². The summed E-state index contributed by atoms with van der Waals surface area (Å²) in [5, 5.41) is 7.50. The van der Waals surface area contributed by atoms with E-state index in [-0.39, 0.29) is 11.0 Å². The average Bonchev–Trinajstić information content (AvgIpc) is 3.19. The number of carbonyl (C=O) groups is 1. The summed E-state index contributed by atoms with van der Waals surface area (Å²) < 4.78 is 41.2. The van der Waals surface area contributed by atoms with Crippen LogP contribution in [0.4, 0.5) is 24.5 Å². The monoisotopic (exact) mass is 481 g/mol. The van der Waals surface area contributed by atoms with E-state index in [1.807, 2.05) is 42.5 Å². The lowest BCUT2D eigenvalue weighted by molar-refractivity contribution is -0.147. The Morgan fingerprint density at radius 3 is 2.62 bits per heavy atom. The predicted octanol–water partition coefficient (Wildman–Crippen LogP) is 5.80. The Balaban J connectivity index is 1.33. The normalized spacial score (nSPS) is 13.2. The predicted molar refractivity (Wildman–Crippen MR) is 125 cm³/mol. The van der Waals surface area contributed by atoms with Crippen molar-refractivity contribution in [3.63, 3.8) is 0 Å². The summed E-state index contributed by atoms with van der Waals surface area (Å²) in [6, 6.07) is 19.9. The number of amides is 1. The van der Waals surface area contributed by atoms with Crippen LogP contribution in [-0.2, 0) is 17.5 Å². The molecule has 4 aromatic rings. The minimum absolute atomic E-state index is 0.170. The Kier molecular flexibility index (Phi) is 5.52. The van der Waals surface area contributed by atoms with E-state index in [1.54, 1.807) is 30.8 Å². The SMILES string of the molecule is C/C(=N\NC(=O)Cn1c(C(F)(F)F)nc2ccccc21)c1ccc2c(c1)Nc1ccccc1S2. The van der Waals surface area contributed by atoms with E-state index in [2.05, 4.69) is 20.8 Å². The number of nitrogens with one attached hydrogen (secondary N) is 2. The summed E-state index contributed by atoms with van der Waals surface area (Å²) in [5.74, 6) is -1.81. The number of hydrogen-bond acceptors (Lipinski definition) is 5. The fourth-order valence-electron chi connectivity index (χ4n) is 3.71. The van der Waals surface area contributed by atoms with Gasteiger partial charge in [0.1, 0.15) is 6.54 Å². The van der Waals surface area contributed by atoms with Crippen molar-refractivity contribution < 1.29 is 18.0 Å². The van der Waals surface area contributed by atoms with Crippen molar-refractivity contribution in [2.75, 3.05) is 5.32 Å². The second-order valence-electron chi connectivity index (χ2n) is 7.67. The number of hydrazone groups is 1. The van der Waals surface area contributed by atoms with Gasteiger partial charge in [-0.05, 0) is 48.9 Å². The van der Waals surface area contributed by atoms with E-state index >= 15 is 0 Å². The number of hydrogen-bond donors (Lipinski definition) is 2. The Labute approximate surface area is 196 Å². The van der Waals surface area contributed by atoms with Crippen molar-refractivity contribution in [3.8, 4) is 0 Å². The lowest BCUT2D eigenvalue weighted by Gasteiger charge is -2.21. The molecule has 6 nitrogen and oxygen atoms in total. The van der Waals surface area contributed by atoms with Gasteiger partial charge in [0.05, 0.1) is 28.1 Å². The molecule has 34 heavy (non-hydrogen) atoms. The molecule has 0 spiro atoms. The maximum atomic E-state index is 13.5. The smallest absolute Gasteiger partial charge is 0.354 e. The summed E-state index contributed by atoms with van der Waals surface area (Å²) in [5.41, 5.74) is 5.98. The molecule has 0 radical (unpaired) electrons. The van der Waals surface area contributed by atoms with Crippen LogP contribution in [0.1, 0.15) is 18.3 Å². The Bertz CT molecular complexity index is 1440. The van der Waals surface area contributed by atoms with Gasteiger partial charge in [-0.2, -0.15) is 18.3 Å². The number of aromatic nitrogens is 2. The fraction of sp³-hybridized carbons (Fsp3) is 0.125. The molecule has 0 bridgehead atoms. The van der Waals surface area contributed by atoms with Crippen molar-refractivity contribution in [2.45, 2.75) is 29.4 Å². The molecule has 0 aliphatic carbocycles. The molecule has 0 atom stereocenters. The van der Waals surface area contributed by atoms with Crippen LogP contribution < -0.4 is 10.7 Å². The van der Waals surface area contributed by atoms with Gasteiger partial charge in [-0.25, -0.2) is 10.4 Å². The highest BCUT2D eigenvalue weighted by Crippen LogP contribution is 2.44. The van der Waals surface area contributed by atoms with Gasteiger partial charge in [0.15, 0.2) is 0 Å². The van der Waals surface area contributed by atoms with E-state index in [1.165, 1.54) is 12.1 Å². The van der Waals surface area contributed by atoms with Crippen molar-refractivity contribution in [1.82, 2.24) is 15.0 Å². The maximum absolute atomic E-state index is 13.5. The number of para-hydroxylation sites is 3. The van der Waals surface area contributed by atoms with Crippen LogP contribution in [0, 0.1) is 0 Å². The van der Waals surface area contributed by atoms with Crippen LogP contribution in [-0.4, -0.2) is 21.2 Å². The third kappa shape index (κ3) is 4.24. The lowest BCUT2D eigenvalue weighted by atomic mass is 10.1. The van der Waals surface area contributed by atoms with Crippen molar-refractivity contribution >= 4 is 45.8 Å². The van der Waals surface area contributed by atoms with Gasteiger partial charge in [-0.15, -0.1) is 0 Å². The Hall–Kier alpha value is -3.79. The number of rotatable bonds is 4. The summed E-state index contributed by atoms with van der Waals surface area (Å²) in [7, 11) is 0. The quantitative estimate of drug-likeness (QED) is 0.251. The lowest BCUT2D eigenvalue weighted by Crippen LogP contribution is -2.27. The van der Waals surface area contributed by atoms with Gasteiger partial charge < -0.3 is 9.88 Å². The standard InChI is InChI=1S/C24H18F3N5OS/c1-14(15-10-11-21-18(12-15)28-17-7-3-5-9-20(17)34-21)30-31-22(33)13-32-19-8-4-2-6-16(19)29-23(32)24(25,26)27/h2-12,28H,13H2,1H3,(H,31,33)/b30-14+. The molecule has 1 aliphatic rings. The Morgan fingerprint density at radius 2 is 1.79 bits per heavy atom. The number of benzene rings is 3. The number of nitrogens with zero attached hydrogens (tertiary/aromatic N) is 3. The average molecular weight is 482 g/mol. The van der Waals surface area contributed by atoms with Gasteiger partial charge in [-0.3, -0.25) is 4.79 Å². The molecule has 0 saturated carbocycles. The first-order chi connectivity index (χ1) is 16.3. The fourth-order valence-corrected chi connectivity index (χ4v) is 4.67. The highest BCUT2D eigenvalue weighted by atomic mass is 32.2. The zero-order valence-corrected chi connectivity index (χ0v) is 18.7. The third-order valence-corrected chi connectivity index (χ3v) is 6.48. The van der Waals surface area contributed by atoms with Crippen LogP contribution in [0.25, 0.3) is 11.0 Å². The Morgan fingerprint density at radius 1 is 1.06 bits per heavy atom. The summed E-state index contributed by atoms with van der Waals surface area (Å²) in [6.45, 7) is 1.16. The second kappa shape index (κ2) is 8.53. The first-order valence-corrected chi connectivity index (χ1v) is 11.1. The largest absolute Gasteiger partial charge is 0.449 e. The molecule has 1 aromatic heterocycles. The molecule has 0 unspecified atom stereocenters. The molecule has 0 saturated heterocycles. The zero-order chi connectivity index (χ0) is 23.9. The number of imidazole rings is 1. The molecule has 3 aromatic carbocycles. The molecule has 2 N–H and O–H groups in total. The van der Waals surface area contributed by atoms with E-state index in [9.17, 15) is 18.0 Å². The molecular formula is C24H18F3N5OS. The van der Waals surface area contributed by atoms with E-state index in [0.29, 0.717) is 5.71 Å². The number of alkyl halides is 3. The molecule has 1 amide bonds. The molecular weight excluding hydrogens is 463 g/mol. The van der Waals surface area contributed by atoms with Crippen LogP contribution in [0.2, 0.25) is 0 Å². The van der Waals surface area contributed by atoms with Gasteiger partial charge >= 0.3 is 6.18 Å². The number of carbonyl (C=O) groups excluding carboxylic acids is 1. The topological polar surface area (TPSA) is 71.3 Å². The number of anilines is 2. The van der Waals surface area contributed by atoms with Crippen molar-refractivity contribution in [3.05, 3.63) is 78.1 Å². The first-order valence-electron chi connectivity index (χ1n) is 10.3. The van der Waals surface area contributed by atoms with Crippen LogP contribution in [0.3, 0.4) is 0 Å². The van der Waals surface area contributed by atoms with Crippen LogP contribution >= 0.6 is 11.8 Å². The molecule has 1 aliphatic heterocycles. The van der Waals surface area contributed by atoms with Gasteiger partial charge in [0, 0.05) is 9.79 Å². The van der Waals surface area contributed by atoms with Gasteiger partial charge in [-0.1, -0.05) is 42.1 Å².